The fourth-order valence-corrected chi connectivity index (χ4v) is 2.05. The van der Waals surface area contributed by atoms with E-state index in [9.17, 15) is 4.79 Å². The maximum Gasteiger partial charge on any atom is 0.255 e. The number of hydrogen-bond donors (Lipinski definition) is 0. The van der Waals surface area contributed by atoms with Gasteiger partial charge in [0.15, 0.2) is 0 Å². The van der Waals surface area contributed by atoms with Crippen LogP contribution in [0.3, 0.4) is 0 Å². The number of aromatic nitrogens is 1. The predicted octanol–water partition coefficient (Wildman–Crippen LogP) is 2.10. The molecule has 1 aliphatic rings. The molecular weight excluding hydrogens is 188 g/mol. The molecule has 0 unspecified atom stereocenters. The molecule has 0 radical (unpaired) electrons. The molecule has 3 nitrogen and oxygen atoms in total. The van der Waals surface area contributed by atoms with E-state index in [0.29, 0.717) is 11.6 Å². The second-order valence-electron chi connectivity index (χ2n) is 4.09. The van der Waals surface area contributed by atoms with Gasteiger partial charge in [-0.15, -0.1) is 0 Å². The van der Waals surface area contributed by atoms with Crippen LogP contribution >= 0.6 is 0 Å². The zero-order valence-corrected chi connectivity index (χ0v) is 9.02. The molecule has 0 spiro atoms. The second-order valence-corrected chi connectivity index (χ2v) is 4.09. The van der Waals surface area contributed by atoms with Crippen LogP contribution < -0.4 is 0 Å². The molecule has 80 valence electrons. The van der Waals surface area contributed by atoms with Gasteiger partial charge in [-0.1, -0.05) is 0 Å². The Morgan fingerprint density at radius 2 is 2.40 bits per heavy atom. The number of likely N-dealkylation sites (tertiary alicyclic amines) is 1. The van der Waals surface area contributed by atoms with Gasteiger partial charge < -0.3 is 4.90 Å². The summed E-state index contributed by atoms with van der Waals surface area (Å²) < 4.78 is 0. The van der Waals surface area contributed by atoms with Crippen LogP contribution in [0.15, 0.2) is 24.5 Å². The van der Waals surface area contributed by atoms with Gasteiger partial charge in [0, 0.05) is 25.0 Å². The van der Waals surface area contributed by atoms with Crippen molar-refractivity contribution in [2.75, 3.05) is 6.54 Å². The Balaban J connectivity index is 2.13. The fourth-order valence-electron chi connectivity index (χ4n) is 2.05. The van der Waals surface area contributed by atoms with Gasteiger partial charge in [-0.2, -0.15) is 0 Å². The Morgan fingerprint density at radius 3 is 3.07 bits per heavy atom. The van der Waals surface area contributed by atoms with Gasteiger partial charge in [-0.05, 0) is 38.3 Å². The molecule has 1 aliphatic heterocycles. The number of piperidine rings is 1. The minimum absolute atomic E-state index is 0.121. The average Bonchev–Trinajstić information content (AvgIpc) is 2.30. The molecule has 1 aromatic heterocycles. The van der Waals surface area contributed by atoms with Gasteiger partial charge in [-0.3, -0.25) is 9.78 Å². The topological polar surface area (TPSA) is 33.2 Å². The zero-order valence-electron chi connectivity index (χ0n) is 9.02. The van der Waals surface area contributed by atoms with Crippen molar-refractivity contribution in [3.8, 4) is 0 Å². The molecule has 0 N–H and O–H groups in total. The minimum Gasteiger partial charge on any atom is -0.336 e. The number of carbonyl (C=O) groups is 1. The standard InChI is InChI=1S/C12H16N2O/c1-10-5-2-3-8-14(10)12(15)11-6-4-7-13-9-11/h4,6-7,9-10H,2-3,5,8H2,1H3/t10-/m0/s1. The molecule has 1 fully saturated rings. The molecule has 0 aromatic carbocycles. The molecule has 1 saturated heterocycles. The van der Waals surface area contributed by atoms with Crippen LogP contribution in [0.25, 0.3) is 0 Å². The van der Waals surface area contributed by atoms with E-state index < -0.39 is 0 Å². The molecule has 0 bridgehead atoms. The predicted molar refractivity (Wildman–Crippen MR) is 58.6 cm³/mol. The summed E-state index contributed by atoms with van der Waals surface area (Å²) >= 11 is 0. The summed E-state index contributed by atoms with van der Waals surface area (Å²) in [6.07, 6.45) is 6.81. The van der Waals surface area contributed by atoms with E-state index in [1.165, 1.54) is 6.42 Å². The third-order valence-electron chi connectivity index (χ3n) is 2.97. The third-order valence-corrected chi connectivity index (χ3v) is 2.97. The number of amides is 1. The summed E-state index contributed by atoms with van der Waals surface area (Å²) in [6.45, 7) is 3.00. The van der Waals surface area contributed by atoms with Crippen molar-refractivity contribution < 1.29 is 4.79 Å². The van der Waals surface area contributed by atoms with E-state index in [1.54, 1.807) is 12.4 Å². The van der Waals surface area contributed by atoms with E-state index in [1.807, 2.05) is 17.0 Å². The first-order valence-electron chi connectivity index (χ1n) is 5.50. The Labute approximate surface area is 90.1 Å². The van der Waals surface area contributed by atoms with Crippen LogP contribution in [-0.4, -0.2) is 28.4 Å². The summed E-state index contributed by atoms with van der Waals surface area (Å²) in [7, 11) is 0. The lowest BCUT2D eigenvalue weighted by Gasteiger charge is -2.33. The van der Waals surface area contributed by atoms with Crippen molar-refractivity contribution in [2.24, 2.45) is 0 Å². The summed E-state index contributed by atoms with van der Waals surface area (Å²) in [4.78, 5) is 18.0. The molecule has 15 heavy (non-hydrogen) atoms. The summed E-state index contributed by atoms with van der Waals surface area (Å²) in [6, 6.07) is 4.00. The molecular formula is C12H16N2O. The van der Waals surface area contributed by atoms with Gasteiger partial charge in [0.1, 0.15) is 0 Å². The Kier molecular flexibility index (Phi) is 2.99. The number of hydrogen-bond acceptors (Lipinski definition) is 2. The number of pyridine rings is 1. The van der Waals surface area contributed by atoms with Gasteiger partial charge in [-0.25, -0.2) is 0 Å². The summed E-state index contributed by atoms with van der Waals surface area (Å²) in [5, 5.41) is 0. The van der Waals surface area contributed by atoms with E-state index in [0.717, 1.165) is 19.4 Å². The first kappa shape index (κ1) is 10.1. The second kappa shape index (κ2) is 4.43. The molecule has 1 atom stereocenters. The Morgan fingerprint density at radius 1 is 1.53 bits per heavy atom. The quantitative estimate of drug-likeness (QED) is 0.701. The lowest BCUT2D eigenvalue weighted by Crippen LogP contribution is -2.42. The molecule has 1 amide bonds. The lowest BCUT2D eigenvalue weighted by molar-refractivity contribution is 0.0635. The normalized spacial score (nSPS) is 21.4. The Bertz CT molecular complexity index is 337. The lowest BCUT2D eigenvalue weighted by atomic mass is 10.0. The molecule has 0 saturated carbocycles. The Hall–Kier alpha value is -1.38. The van der Waals surface area contributed by atoms with Crippen molar-refractivity contribution >= 4 is 5.91 Å². The largest absolute Gasteiger partial charge is 0.336 e. The van der Waals surface area contributed by atoms with Crippen molar-refractivity contribution in [3.63, 3.8) is 0 Å². The van der Waals surface area contributed by atoms with Gasteiger partial charge in [0.05, 0.1) is 5.56 Å². The van der Waals surface area contributed by atoms with E-state index in [-0.39, 0.29) is 5.91 Å². The number of nitrogens with zero attached hydrogens (tertiary/aromatic N) is 2. The molecule has 1 aromatic rings. The van der Waals surface area contributed by atoms with Gasteiger partial charge in [0.2, 0.25) is 0 Å². The highest BCUT2D eigenvalue weighted by Crippen LogP contribution is 2.18. The summed E-state index contributed by atoms with van der Waals surface area (Å²) in [5.74, 6) is 0.121. The molecule has 2 rings (SSSR count). The van der Waals surface area contributed by atoms with E-state index in [2.05, 4.69) is 11.9 Å². The highest BCUT2D eigenvalue weighted by molar-refractivity contribution is 5.94. The van der Waals surface area contributed by atoms with Crippen LogP contribution in [-0.2, 0) is 0 Å². The van der Waals surface area contributed by atoms with E-state index in [4.69, 9.17) is 0 Å². The molecule has 0 aliphatic carbocycles. The average molecular weight is 204 g/mol. The van der Waals surface area contributed by atoms with Crippen LogP contribution in [0.2, 0.25) is 0 Å². The maximum atomic E-state index is 12.1. The van der Waals surface area contributed by atoms with Gasteiger partial charge >= 0.3 is 0 Å². The maximum absolute atomic E-state index is 12.1. The number of rotatable bonds is 1. The summed E-state index contributed by atoms with van der Waals surface area (Å²) in [5.41, 5.74) is 0.700. The monoisotopic (exact) mass is 204 g/mol. The van der Waals surface area contributed by atoms with Crippen molar-refractivity contribution in [3.05, 3.63) is 30.1 Å². The number of carbonyl (C=O) groups excluding carboxylic acids is 1. The third kappa shape index (κ3) is 2.17. The smallest absolute Gasteiger partial charge is 0.255 e. The zero-order chi connectivity index (χ0) is 10.7. The van der Waals surface area contributed by atoms with Gasteiger partial charge in [0.25, 0.3) is 5.91 Å². The van der Waals surface area contributed by atoms with Crippen LogP contribution in [0.1, 0.15) is 36.5 Å². The van der Waals surface area contributed by atoms with Crippen LogP contribution in [0, 0.1) is 0 Å². The first-order chi connectivity index (χ1) is 7.29. The fraction of sp³-hybridized carbons (Fsp3) is 0.500. The van der Waals surface area contributed by atoms with Crippen LogP contribution in [0.4, 0.5) is 0 Å². The van der Waals surface area contributed by atoms with E-state index >= 15 is 0 Å². The first-order valence-corrected chi connectivity index (χ1v) is 5.50. The molecule has 3 heteroatoms. The SMILES string of the molecule is C[C@H]1CCCCN1C(=O)c1cccnc1. The van der Waals surface area contributed by atoms with Crippen molar-refractivity contribution in [1.29, 1.82) is 0 Å². The van der Waals surface area contributed by atoms with Crippen LogP contribution in [0.5, 0.6) is 0 Å². The van der Waals surface area contributed by atoms with Crippen molar-refractivity contribution in [1.82, 2.24) is 9.88 Å². The highest BCUT2D eigenvalue weighted by Gasteiger charge is 2.23. The molecule has 2 heterocycles. The minimum atomic E-state index is 0.121. The highest BCUT2D eigenvalue weighted by atomic mass is 16.2. The van der Waals surface area contributed by atoms with Crippen molar-refractivity contribution in [2.45, 2.75) is 32.2 Å².